The van der Waals surface area contributed by atoms with Crippen molar-refractivity contribution in [3.05, 3.63) is 60.4 Å². The van der Waals surface area contributed by atoms with Gasteiger partial charge < -0.3 is 16.2 Å². The minimum Gasteiger partial charge on any atom is -0.494 e. The van der Waals surface area contributed by atoms with Crippen molar-refractivity contribution in [1.82, 2.24) is 19.6 Å². The summed E-state index contributed by atoms with van der Waals surface area (Å²) in [7, 11) is 0. The van der Waals surface area contributed by atoms with Gasteiger partial charge in [0.2, 0.25) is 0 Å². The Labute approximate surface area is 175 Å². The molecule has 0 aliphatic carbocycles. The fraction of sp³-hybridized carbons (Fsp3) is 0.190. The summed E-state index contributed by atoms with van der Waals surface area (Å²) in [6.45, 7) is 1.09. The molecule has 0 atom stereocenters. The Morgan fingerprint density at radius 2 is 1.74 bits per heavy atom. The Bertz CT molecular complexity index is 1200. The van der Waals surface area contributed by atoms with Crippen molar-refractivity contribution in [3.63, 3.8) is 0 Å². The number of hydrogen-bond donors (Lipinski definition) is 2. The van der Waals surface area contributed by atoms with Gasteiger partial charge in [0.25, 0.3) is 0 Å². The van der Waals surface area contributed by atoms with E-state index in [4.69, 9.17) is 16.2 Å². The first-order valence-electron chi connectivity index (χ1n) is 9.48. The predicted molar refractivity (Wildman–Crippen MR) is 110 cm³/mol. The van der Waals surface area contributed by atoms with E-state index >= 15 is 0 Å². The van der Waals surface area contributed by atoms with Crippen LogP contribution < -0.4 is 16.2 Å². The molecule has 31 heavy (non-hydrogen) atoms. The maximum Gasteiger partial charge on any atom is 0.419 e. The largest absolute Gasteiger partial charge is 0.494 e. The van der Waals surface area contributed by atoms with Crippen LogP contribution in [-0.4, -0.2) is 32.7 Å². The molecule has 10 heteroatoms. The molecule has 1 aromatic carbocycles. The van der Waals surface area contributed by atoms with E-state index in [1.807, 2.05) is 24.3 Å². The molecule has 3 aromatic heterocycles. The number of halogens is 3. The average molecular weight is 428 g/mol. The third kappa shape index (κ3) is 4.29. The van der Waals surface area contributed by atoms with Crippen LogP contribution in [0.2, 0.25) is 0 Å². The lowest BCUT2D eigenvalue weighted by atomic mass is 10.1. The van der Waals surface area contributed by atoms with Gasteiger partial charge in [0.05, 0.1) is 29.8 Å². The van der Waals surface area contributed by atoms with Crippen molar-refractivity contribution in [2.24, 2.45) is 5.73 Å². The molecular weight excluding hydrogens is 409 g/mol. The smallest absolute Gasteiger partial charge is 0.419 e. The molecule has 0 fully saturated rings. The van der Waals surface area contributed by atoms with Gasteiger partial charge in [-0.1, -0.05) is 0 Å². The fourth-order valence-corrected chi connectivity index (χ4v) is 3.06. The summed E-state index contributed by atoms with van der Waals surface area (Å²) in [6, 6.07) is 11.8. The molecule has 0 bridgehead atoms. The van der Waals surface area contributed by atoms with Crippen LogP contribution >= 0.6 is 0 Å². The van der Waals surface area contributed by atoms with Crippen LogP contribution in [0.1, 0.15) is 12.0 Å². The topological polar surface area (TPSA) is 104 Å². The Morgan fingerprint density at radius 3 is 2.45 bits per heavy atom. The van der Waals surface area contributed by atoms with Crippen LogP contribution in [-0.2, 0) is 6.18 Å². The van der Waals surface area contributed by atoms with Crippen molar-refractivity contribution in [3.8, 4) is 28.3 Å². The average Bonchev–Trinajstić information content (AvgIpc) is 3.17. The number of ether oxygens (including phenoxy) is 1. The van der Waals surface area contributed by atoms with Gasteiger partial charge in [-0.25, -0.2) is 14.5 Å². The number of alkyl halides is 3. The monoisotopic (exact) mass is 428 g/mol. The van der Waals surface area contributed by atoms with Crippen LogP contribution in [0.25, 0.3) is 28.2 Å². The van der Waals surface area contributed by atoms with Crippen LogP contribution in [0.3, 0.4) is 0 Å². The zero-order valence-electron chi connectivity index (χ0n) is 16.3. The lowest BCUT2D eigenvalue weighted by molar-refractivity contribution is -0.137. The normalized spacial score (nSPS) is 11.7. The molecule has 4 rings (SSSR count). The molecule has 0 aliphatic heterocycles. The lowest BCUT2D eigenvalue weighted by Crippen LogP contribution is -2.10. The molecule has 0 aliphatic rings. The molecule has 160 valence electrons. The van der Waals surface area contributed by atoms with E-state index < -0.39 is 17.6 Å². The number of anilines is 1. The van der Waals surface area contributed by atoms with Crippen molar-refractivity contribution in [1.29, 1.82) is 0 Å². The van der Waals surface area contributed by atoms with Gasteiger partial charge in [0.1, 0.15) is 11.6 Å². The molecule has 7 nitrogen and oxygen atoms in total. The van der Waals surface area contributed by atoms with Crippen molar-refractivity contribution >= 4 is 11.5 Å². The number of nitrogen functional groups attached to an aromatic ring is 1. The highest BCUT2D eigenvalue weighted by atomic mass is 19.4. The summed E-state index contributed by atoms with van der Waals surface area (Å²) in [5.41, 5.74) is 12.4. The van der Waals surface area contributed by atoms with E-state index in [0.29, 0.717) is 35.9 Å². The maximum atomic E-state index is 13.2. The SMILES string of the molecule is NCCCOc1ccc(-c2ccc3ncc(-c4cnc(N)c(C(F)(F)F)c4)n3n2)cc1. The van der Waals surface area contributed by atoms with Gasteiger partial charge in [-0.05, 0) is 55.4 Å². The van der Waals surface area contributed by atoms with Crippen molar-refractivity contribution in [2.75, 3.05) is 18.9 Å². The van der Waals surface area contributed by atoms with E-state index in [1.165, 1.54) is 16.9 Å². The van der Waals surface area contributed by atoms with E-state index in [2.05, 4.69) is 15.1 Å². The molecule has 0 saturated carbocycles. The molecular formula is C21H19F3N6O. The molecule has 0 saturated heterocycles. The minimum absolute atomic E-state index is 0.210. The number of nitrogens with two attached hydrogens (primary N) is 2. The molecule has 0 spiro atoms. The van der Waals surface area contributed by atoms with Gasteiger partial charge in [-0.3, -0.25) is 0 Å². The lowest BCUT2D eigenvalue weighted by Gasteiger charge is -2.11. The summed E-state index contributed by atoms with van der Waals surface area (Å²) in [4.78, 5) is 7.93. The van der Waals surface area contributed by atoms with Gasteiger partial charge in [0.15, 0.2) is 5.65 Å². The summed E-state index contributed by atoms with van der Waals surface area (Å²) in [5, 5.41) is 4.56. The first kappa shape index (κ1) is 20.6. The first-order valence-corrected chi connectivity index (χ1v) is 9.48. The quantitative estimate of drug-likeness (QED) is 0.453. The fourth-order valence-electron chi connectivity index (χ4n) is 3.06. The van der Waals surface area contributed by atoms with Crippen molar-refractivity contribution in [2.45, 2.75) is 12.6 Å². The molecule has 4 N–H and O–H groups in total. The third-order valence-electron chi connectivity index (χ3n) is 4.65. The summed E-state index contributed by atoms with van der Waals surface area (Å²) >= 11 is 0. The zero-order chi connectivity index (χ0) is 22.0. The molecule has 4 aromatic rings. The minimum atomic E-state index is -4.61. The third-order valence-corrected chi connectivity index (χ3v) is 4.65. The number of benzene rings is 1. The number of fused-ring (bicyclic) bond motifs is 1. The maximum absolute atomic E-state index is 13.2. The number of rotatable bonds is 6. The van der Waals surface area contributed by atoms with E-state index in [9.17, 15) is 13.2 Å². The number of hydrogen-bond acceptors (Lipinski definition) is 6. The van der Waals surface area contributed by atoms with Gasteiger partial charge in [-0.2, -0.15) is 18.3 Å². The van der Waals surface area contributed by atoms with Crippen LogP contribution in [0.4, 0.5) is 19.0 Å². The highest BCUT2D eigenvalue weighted by Gasteiger charge is 2.34. The number of nitrogens with zero attached hydrogens (tertiary/aromatic N) is 4. The number of pyridine rings is 1. The standard InChI is InChI=1S/C21H19F3N6O/c22-21(23,24)16-10-14(11-28-20(16)26)18-12-27-19-7-6-17(29-30(18)19)13-2-4-15(5-3-13)31-9-1-8-25/h2-7,10-12H,1,8-9,25H2,(H2,26,28). The predicted octanol–water partition coefficient (Wildman–Crippen LogP) is 3.79. The molecule has 0 radical (unpaired) electrons. The number of imidazole rings is 1. The Balaban J connectivity index is 1.69. The van der Waals surface area contributed by atoms with Gasteiger partial charge >= 0.3 is 6.18 Å². The van der Waals surface area contributed by atoms with Gasteiger partial charge in [0, 0.05) is 17.3 Å². The van der Waals surface area contributed by atoms with Crippen LogP contribution in [0, 0.1) is 0 Å². The summed E-state index contributed by atoms with van der Waals surface area (Å²) in [6.07, 6.45) is -1.12. The molecule has 3 heterocycles. The van der Waals surface area contributed by atoms with E-state index in [-0.39, 0.29) is 5.56 Å². The second kappa shape index (κ2) is 8.23. The first-order chi connectivity index (χ1) is 14.9. The summed E-state index contributed by atoms with van der Waals surface area (Å²) < 4.78 is 46.8. The Morgan fingerprint density at radius 1 is 0.968 bits per heavy atom. The highest BCUT2D eigenvalue weighted by molar-refractivity contribution is 5.67. The Kier molecular flexibility index (Phi) is 5.47. The van der Waals surface area contributed by atoms with Crippen LogP contribution in [0.5, 0.6) is 5.75 Å². The van der Waals surface area contributed by atoms with Gasteiger partial charge in [-0.15, -0.1) is 0 Å². The van der Waals surface area contributed by atoms with E-state index in [1.54, 1.807) is 12.1 Å². The second-order valence-corrected chi connectivity index (χ2v) is 6.80. The molecule has 0 unspecified atom stereocenters. The van der Waals surface area contributed by atoms with Crippen LogP contribution in [0.15, 0.2) is 54.9 Å². The Hall–Kier alpha value is -3.66. The molecule has 0 amide bonds. The second-order valence-electron chi connectivity index (χ2n) is 6.80. The van der Waals surface area contributed by atoms with E-state index in [0.717, 1.165) is 18.1 Å². The highest BCUT2D eigenvalue weighted by Crippen LogP contribution is 2.35. The van der Waals surface area contributed by atoms with Crippen molar-refractivity contribution < 1.29 is 17.9 Å². The zero-order valence-corrected chi connectivity index (χ0v) is 16.3. The summed E-state index contributed by atoms with van der Waals surface area (Å²) in [5.74, 6) is 0.140. The number of aromatic nitrogens is 4.